The molecule has 1 fully saturated rings. The van der Waals surface area contributed by atoms with Gasteiger partial charge in [-0.2, -0.15) is 0 Å². The SMILES string of the molecule is CC1CC(CN)CN1C(=O)c1cc2c(s1)CCOC2.Cl. The molecule has 3 rings (SSSR count). The van der Waals surface area contributed by atoms with Gasteiger partial charge in [0.1, 0.15) is 0 Å². The van der Waals surface area contributed by atoms with E-state index in [0.29, 0.717) is 25.1 Å². The largest absolute Gasteiger partial charge is 0.376 e. The van der Waals surface area contributed by atoms with Crippen LogP contribution in [-0.2, 0) is 17.8 Å². The van der Waals surface area contributed by atoms with Gasteiger partial charge in [-0.25, -0.2) is 0 Å². The van der Waals surface area contributed by atoms with E-state index in [-0.39, 0.29) is 18.3 Å². The summed E-state index contributed by atoms with van der Waals surface area (Å²) in [6.07, 6.45) is 1.96. The zero-order valence-electron chi connectivity index (χ0n) is 11.6. The van der Waals surface area contributed by atoms with E-state index in [1.54, 1.807) is 11.3 Å². The number of hydrogen-bond donors (Lipinski definition) is 1. The number of carbonyl (C=O) groups is 1. The number of fused-ring (bicyclic) bond motifs is 1. The van der Waals surface area contributed by atoms with Crippen molar-refractivity contribution in [2.24, 2.45) is 11.7 Å². The molecule has 2 aliphatic heterocycles. The summed E-state index contributed by atoms with van der Waals surface area (Å²) < 4.78 is 5.44. The highest BCUT2D eigenvalue weighted by molar-refractivity contribution is 7.14. The number of thiophene rings is 1. The first kappa shape index (κ1) is 15.8. The van der Waals surface area contributed by atoms with Crippen LogP contribution in [0.25, 0.3) is 0 Å². The molecule has 1 aromatic rings. The Balaban J connectivity index is 0.00000147. The summed E-state index contributed by atoms with van der Waals surface area (Å²) in [5, 5.41) is 0. The number of hydrogen-bond acceptors (Lipinski definition) is 4. The maximum absolute atomic E-state index is 12.6. The van der Waals surface area contributed by atoms with Crippen LogP contribution >= 0.6 is 23.7 Å². The monoisotopic (exact) mass is 316 g/mol. The summed E-state index contributed by atoms with van der Waals surface area (Å²) in [5.74, 6) is 0.625. The number of nitrogens with two attached hydrogens (primary N) is 1. The number of halogens is 1. The quantitative estimate of drug-likeness (QED) is 0.908. The lowest BCUT2D eigenvalue weighted by molar-refractivity contribution is 0.0748. The van der Waals surface area contributed by atoms with Crippen LogP contribution in [0.4, 0.5) is 0 Å². The van der Waals surface area contributed by atoms with Crippen LogP contribution in [0.1, 0.15) is 33.5 Å². The van der Waals surface area contributed by atoms with E-state index in [1.165, 1.54) is 10.4 Å². The van der Waals surface area contributed by atoms with Gasteiger partial charge in [0.25, 0.3) is 5.91 Å². The second-order valence-corrected chi connectivity index (χ2v) is 6.64. The Bertz CT molecular complexity index is 468. The van der Waals surface area contributed by atoms with Crippen LogP contribution in [0.5, 0.6) is 0 Å². The Morgan fingerprint density at radius 2 is 2.40 bits per heavy atom. The molecule has 2 unspecified atom stereocenters. The highest BCUT2D eigenvalue weighted by atomic mass is 35.5. The van der Waals surface area contributed by atoms with Gasteiger partial charge in [0.05, 0.1) is 18.1 Å². The van der Waals surface area contributed by atoms with Crippen LogP contribution in [0.15, 0.2) is 6.07 Å². The molecule has 0 aliphatic carbocycles. The van der Waals surface area contributed by atoms with E-state index in [9.17, 15) is 4.79 Å². The van der Waals surface area contributed by atoms with Gasteiger partial charge in [0.15, 0.2) is 0 Å². The summed E-state index contributed by atoms with van der Waals surface area (Å²) in [7, 11) is 0. The first-order valence-electron chi connectivity index (χ1n) is 6.89. The fraction of sp³-hybridized carbons (Fsp3) is 0.643. The fourth-order valence-corrected chi connectivity index (χ4v) is 4.10. The Kier molecular flexibility index (Phi) is 5.07. The summed E-state index contributed by atoms with van der Waals surface area (Å²) in [4.78, 5) is 16.8. The minimum atomic E-state index is 0. The number of rotatable bonds is 2. The normalized spacial score (nSPS) is 25.2. The molecule has 20 heavy (non-hydrogen) atoms. The highest BCUT2D eigenvalue weighted by Gasteiger charge is 2.33. The van der Waals surface area contributed by atoms with Crippen molar-refractivity contribution in [1.29, 1.82) is 0 Å². The minimum absolute atomic E-state index is 0. The zero-order chi connectivity index (χ0) is 13.4. The summed E-state index contributed by atoms with van der Waals surface area (Å²) >= 11 is 1.64. The third kappa shape index (κ3) is 2.86. The smallest absolute Gasteiger partial charge is 0.264 e. The Labute approximate surface area is 129 Å². The highest BCUT2D eigenvalue weighted by Crippen LogP contribution is 2.30. The Morgan fingerprint density at radius 1 is 1.60 bits per heavy atom. The molecular formula is C14H21ClN2O2S. The molecule has 3 heterocycles. The van der Waals surface area contributed by atoms with Crippen molar-refractivity contribution in [2.45, 2.75) is 32.4 Å². The molecule has 0 radical (unpaired) electrons. The van der Waals surface area contributed by atoms with E-state index in [4.69, 9.17) is 10.5 Å². The zero-order valence-corrected chi connectivity index (χ0v) is 13.3. The van der Waals surface area contributed by atoms with E-state index in [1.807, 2.05) is 11.0 Å². The number of amides is 1. The predicted molar refractivity (Wildman–Crippen MR) is 82.6 cm³/mol. The summed E-state index contributed by atoms with van der Waals surface area (Å²) in [6.45, 7) is 5.01. The van der Waals surface area contributed by atoms with E-state index in [2.05, 4.69) is 6.92 Å². The molecule has 112 valence electrons. The van der Waals surface area contributed by atoms with Gasteiger partial charge in [-0.1, -0.05) is 0 Å². The van der Waals surface area contributed by atoms with Gasteiger partial charge >= 0.3 is 0 Å². The average molecular weight is 317 g/mol. The standard InChI is InChI=1S/C14H20N2O2S.ClH/c1-9-4-10(6-15)7-16(9)14(17)13-5-11-8-18-3-2-12(11)19-13;/h5,9-10H,2-4,6-8,15H2,1H3;1H. The first-order chi connectivity index (χ1) is 9.19. The fourth-order valence-electron chi connectivity index (χ4n) is 2.99. The molecule has 1 amide bonds. The van der Waals surface area contributed by atoms with Crippen LogP contribution in [0.3, 0.4) is 0 Å². The number of carbonyl (C=O) groups excluding carboxylic acids is 1. The van der Waals surface area contributed by atoms with Crippen molar-refractivity contribution < 1.29 is 9.53 Å². The lowest BCUT2D eigenvalue weighted by Gasteiger charge is -2.20. The number of likely N-dealkylation sites (tertiary alicyclic amines) is 1. The minimum Gasteiger partial charge on any atom is -0.376 e. The van der Waals surface area contributed by atoms with Crippen molar-refractivity contribution in [1.82, 2.24) is 4.90 Å². The summed E-state index contributed by atoms with van der Waals surface area (Å²) in [5.41, 5.74) is 6.92. The molecule has 2 atom stereocenters. The van der Waals surface area contributed by atoms with E-state index in [0.717, 1.165) is 30.9 Å². The maximum Gasteiger partial charge on any atom is 0.264 e. The van der Waals surface area contributed by atoms with Gasteiger partial charge < -0.3 is 15.4 Å². The van der Waals surface area contributed by atoms with Crippen molar-refractivity contribution in [3.05, 3.63) is 21.4 Å². The molecule has 2 aliphatic rings. The molecule has 0 spiro atoms. The van der Waals surface area contributed by atoms with Crippen molar-refractivity contribution in [3.63, 3.8) is 0 Å². The van der Waals surface area contributed by atoms with Gasteiger partial charge in [0.2, 0.25) is 0 Å². The van der Waals surface area contributed by atoms with Gasteiger partial charge in [-0.3, -0.25) is 4.79 Å². The predicted octanol–water partition coefficient (Wildman–Crippen LogP) is 2.05. The van der Waals surface area contributed by atoms with Crippen LogP contribution in [-0.4, -0.2) is 36.5 Å². The third-order valence-electron chi connectivity index (χ3n) is 4.09. The molecule has 0 bridgehead atoms. The molecular weight excluding hydrogens is 296 g/mol. The molecule has 4 nitrogen and oxygen atoms in total. The number of ether oxygens (including phenoxy) is 1. The molecule has 0 aromatic carbocycles. The second-order valence-electron chi connectivity index (χ2n) is 5.51. The summed E-state index contributed by atoms with van der Waals surface area (Å²) in [6, 6.07) is 2.32. The van der Waals surface area contributed by atoms with Gasteiger partial charge in [-0.15, -0.1) is 23.7 Å². The van der Waals surface area contributed by atoms with Crippen LogP contribution < -0.4 is 5.73 Å². The Morgan fingerprint density at radius 3 is 3.05 bits per heavy atom. The molecule has 1 saturated heterocycles. The Hall–Kier alpha value is -0.620. The topological polar surface area (TPSA) is 55.6 Å². The van der Waals surface area contributed by atoms with Crippen LogP contribution in [0, 0.1) is 5.92 Å². The lowest BCUT2D eigenvalue weighted by Crippen LogP contribution is -2.33. The van der Waals surface area contributed by atoms with Crippen molar-refractivity contribution >= 4 is 29.7 Å². The number of nitrogens with zero attached hydrogens (tertiary/aromatic N) is 1. The maximum atomic E-state index is 12.6. The molecule has 2 N–H and O–H groups in total. The van der Waals surface area contributed by atoms with Crippen molar-refractivity contribution in [2.75, 3.05) is 19.7 Å². The molecule has 0 saturated carbocycles. The molecule has 1 aromatic heterocycles. The van der Waals surface area contributed by atoms with Gasteiger partial charge in [-0.05, 0) is 37.4 Å². The lowest BCUT2D eigenvalue weighted by atomic mass is 10.1. The average Bonchev–Trinajstić information content (AvgIpc) is 3.01. The molecule has 6 heteroatoms. The van der Waals surface area contributed by atoms with E-state index < -0.39 is 0 Å². The van der Waals surface area contributed by atoms with Crippen LogP contribution in [0.2, 0.25) is 0 Å². The van der Waals surface area contributed by atoms with Gasteiger partial charge in [0, 0.05) is 23.9 Å². The third-order valence-corrected chi connectivity index (χ3v) is 5.32. The first-order valence-corrected chi connectivity index (χ1v) is 7.71. The van der Waals surface area contributed by atoms with Crippen molar-refractivity contribution in [3.8, 4) is 0 Å². The van der Waals surface area contributed by atoms with E-state index >= 15 is 0 Å². The second kappa shape index (κ2) is 6.43.